The Morgan fingerprint density at radius 1 is 1.10 bits per heavy atom. The SMILES string of the molecule is Cc1cccc(-n2nc(-c3cccs3)cc2C(=O)N2CCC3(CC2)OCCO3)c1. The fraction of sp³-hybridized carbons (Fsp3) is 0.364. The summed E-state index contributed by atoms with van der Waals surface area (Å²) in [7, 11) is 0. The van der Waals surface area contributed by atoms with Gasteiger partial charge in [0.2, 0.25) is 0 Å². The van der Waals surface area contributed by atoms with Crippen LogP contribution >= 0.6 is 11.3 Å². The lowest BCUT2D eigenvalue weighted by molar-refractivity contribution is -0.181. The van der Waals surface area contributed by atoms with Gasteiger partial charge < -0.3 is 14.4 Å². The van der Waals surface area contributed by atoms with Crippen LogP contribution in [0.1, 0.15) is 28.9 Å². The minimum absolute atomic E-state index is 0.00495. The third-order valence-corrected chi connectivity index (χ3v) is 6.47. The second kappa shape index (κ2) is 7.40. The number of thiophene rings is 1. The molecule has 150 valence electrons. The van der Waals surface area contributed by atoms with E-state index in [1.165, 1.54) is 0 Å². The van der Waals surface area contributed by atoms with Gasteiger partial charge in [-0.1, -0.05) is 18.2 Å². The van der Waals surface area contributed by atoms with E-state index in [0.29, 0.717) is 44.8 Å². The number of benzene rings is 1. The highest BCUT2D eigenvalue weighted by Crippen LogP contribution is 2.32. The molecule has 3 aromatic rings. The normalized spacial score (nSPS) is 18.4. The monoisotopic (exact) mass is 409 g/mol. The quantitative estimate of drug-likeness (QED) is 0.659. The number of aryl methyl sites for hydroxylation is 1. The summed E-state index contributed by atoms with van der Waals surface area (Å²) in [5.41, 5.74) is 3.43. The first-order valence-corrected chi connectivity index (χ1v) is 10.8. The van der Waals surface area contributed by atoms with Crippen LogP contribution in [0, 0.1) is 6.92 Å². The van der Waals surface area contributed by atoms with E-state index in [0.717, 1.165) is 21.8 Å². The number of piperidine rings is 1. The Bertz CT molecular complexity index is 1010. The molecule has 1 aromatic carbocycles. The average molecular weight is 410 g/mol. The molecule has 0 aliphatic carbocycles. The number of hydrogen-bond donors (Lipinski definition) is 0. The van der Waals surface area contributed by atoms with E-state index in [1.807, 2.05) is 59.7 Å². The van der Waals surface area contributed by atoms with Gasteiger partial charge in [-0.3, -0.25) is 4.79 Å². The van der Waals surface area contributed by atoms with Crippen LogP contribution in [-0.4, -0.2) is 52.7 Å². The van der Waals surface area contributed by atoms with Crippen molar-refractivity contribution in [3.63, 3.8) is 0 Å². The van der Waals surface area contributed by atoms with Crippen molar-refractivity contribution < 1.29 is 14.3 Å². The van der Waals surface area contributed by atoms with Crippen molar-refractivity contribution in [1.29, 1.82) is 0 Å². The zero-order valence-corrected chi connectivity index (χ0v) is 17.2. The molecule has 1 amide bonds. The van der Waals surface area contributed by atoms with Crippen LogP contribution in [0.4, 0.5) is 0 Å². The van der Waals surface area contributed by atoms with E-state index in [1.54, 1.807) is 16.0 Å². The molecule has 0 radical (unpaired) electrons. The summed E-state index contributed by atoms with van der Waals surface area (Å²) in [6.45, 7) is 4.55. The third kappa shape index (κ3) is 3.50. The first-order chi connectivity index (χ1) is 14.1. The van der Waals surface area contributed by atoms with Crippen molar-refractivity contribution in [2.45, 2.75) is 25.6 Å². The second-order valence-electron chi connectivity index (χ2n) is 7.54. The molecule has 4 heterocycles. The predicted molar refractivity (Wildman–Crippen MR) is 111 cm³/mol. The molecule has 7 heteroatoms. The Balaban J connectivity index is 1.47. The summed E-state index contributed by atoms with van der Waals surface area (Å²) < 4.78 is 13.4. The fourth-order valence-electron chi connectivity index (χ4n) is 4.03. The van der Waals surface area contributed by atoms with Gasteiger partial charge in [-0.15, -0.1) is 11.3 Å². The number of ether oxygens (including phenoxy) is 2. The molecule has 0 unspecified atom stereocenters. The van der Waals surface area contributed by atoms with Gasteiger partial charge in [-0.05, 0) is 42.1 Å². The molecule has 2 aliphatic rings. The van der Waals surface area contributed by atoms with Crippen molar-refractivity contribution in [2.24, 2.45) is 0 Å². The van der Waals surface area contributed by atoms with Crippen LogP contribution in [0.15, 0.2) is 47.8 Å². The zero-order valence-electron chi connectivity index (χ0n) is 16.3. The maximum Gasteiger partial charge on any atom is 0.272 e. The summed E-state index contributed by atoms with van der Waals surface area (Å²) in [5, 5.41) is 6.80. The molecule has 0 saturated carbocycles. The van der Waals surface area contributed by atoms with E-state index < -0.39 is 5.79 Å². The van der Waals surface area contributed by atoms with Gasteiger partial charge in [-0.25, -0.2) is 4.68 Å². The van der Waals surface area contributed by atoms with Crippen LogP contribution in [0.3, 0.4) is 0 Å². The first kappa shape index (κ1) is 18.5. The Morgan fingerprint density at radius 3 is 2.59 bits per heavy atom. The van der Waals surface area contributed by atoms with E-state index in [4.69, 9.17) is 14.6 Å². The van der Waals surface area contributed by atoms with E-state index >= 15 is 0 Å². The molecule has 2 fully saturated rings. The number of aromatic nitrogens is 2. The molecule has 0 N–H and O–H groups in total. The molecular formula is C22H23N3O3S. The summed E-state index contributed by atoms with van der Waals surface area (Å²) >= 11 is 1.62. The van der Waals surface area contributed by atoms with Gasteiger partial charge >= 0.3 is 0 Å². The Hall–Kier alpha value is -2.48. The lowest BCUT2D eigenvalue weighted by Gasteiger charge is -2.37. The van der Waals surface area contributed by atoms with Crippen molar-refractivity contribution in [3.05, 3.63) is 59.1 Å². The van der Waals surface area contributed by atoms with Crippen LogP contribution in [0.5, 0.6) is 0 Å². The van der Waals surface area contributed by atoms with Gasteiger partial charge in [0, 0.05) is 25.9 Å². The highest BCUT2D eigenvalue weighted by atomic mass is 32.1. The van der Waals surface area contributed by atoms with Crippen molar-refractivity contribution in [2.75, 3.05) is 26.3 Å². The number of nitrogens with zero attached hydrogens (tertiary/aromatic N) is 3. The molecule has 5 rings (SSSR count). The van der Waals surface area contributed by atoms with Crippen LogP contribution in [0.25, 0.3) is 16.3 Å². The van der Waals surface area contributed by atoms with Gasteiger partial charge in [0.15, 0.2) is 5.79 Å². The minimum atomic E-state index is -0.490. The number of hydrogen-bond acceptors (Lipinski definition) is 5. The maximum absolute atomic E-state index is 13.5. The average Bonchev–Trinajstić information content (AvgIpc) is 3.49. The third-order valence-electron chi connectivity index (χ3n) is 5.57. The lowest BCUT2D eigenvalue weighted by Crippen LogP contribution is -2.47. The van der Waals surface area contributed by atoms with Crippen LogP contribution in [-0.2, 0) is 9.47 Å². The van der Waals surface area contributed by atoms with Crippen LogP contribution in [0.2, 0.25) is 0 Å². The number of carbonyl (C=O) groups is 1. The number of rotatable bonds is 3. The molecule has 6 nitrogen and oxygen atoms in total. The molecule has 2 saturated heterocycles. The lowest BCUT2D eigenvalue weighted by atomic mass is 10.0. The first-order valence-electron chi connectivity index (χ1n) is 9.92. The maximum atomic E-state index is 13.5. The Morgan fingerprint density at radius 2 is 1.90 bits per heavy atom. The largest absolute Gasteiger partial charge is 0.347 e. The topological polar surface area (TPSA) is 56.6 Å². The summed E-state index contributed by atoms with van der Waals surface area (Å²) in [5.74, 6) is -0.495. The highest BCUT2D eigenvalue weighted by molar-refractivity contribution is 7.13. The zero-order chi connectivity index (χ0) is 19.8. The van der Waals surface area contributed by atoms with E-state index in [2.05, 4.69) is 0 Å². The van der Waals surface area contributed by atoms with E-state index in [9.17, 15) is 4.79 Å². The van der Waals surface area contributed by atoms with Gasteiger partial charge in [-0.2, -0.15) is 5.10 Å². The highest BCUT2D eigenvalue weighted by Gasteiger charge is 2.41. The summed E-state index contributed by atoms with van der Waals surface area (Å²) in [6, 6.07) is 14.0. The molecule has 29 heavy (non-hydrogen) atoms. The van der Waals surface area contributed by atoms with E-state index in [-0.39, 0.29) is 5.91 Å². The van der Waals surface area contributed by atoms with Crippen LogP contribution < -0.4 is 0 Å². The molecule has 0 atom stereocenters. The van der Waals surface area contributed by atoms with Gasteiger partial charge in [0.25, 0.3) is 5.91 Å². The summed E-state index contributed by atoms with van der Waals surface area (Å²) in [4.78, 5) is 16.4. The molecule has 0 bridgehead atoms. The smallest absolute Gasteiger partial charge is 0.272 e. The number of carbonyl (C=O) groups excluding carboxylic acids is 1. The predicted octanol–water partition coefficient (Wildman–Crippen LogP) is 3.89. The minimum Gasteiger partial charge on any atom is -0.347 e. The Labute approximate surface area is 173 Å². The Kier molecular flexibility index (Phi) is 4.73. The molecule has 2 aliphatic heterocycles. The van der Waals surface area contributed by atoms with Crippen molar-refractivity contribution in [3.8, 4) is 16.3 Å². The number of likely N-dealkylation sites (tertiary alicyclic amines) is 1. The second-order valence-corrected chi connectivity index (χ2v) is 8.49. The standard InChI is InChI=1S/C22H23N3O3S/c1-16-4-2-5-17(14-16)25-19(15-18(23-25)20-6-3-13-29-20)21(26)24-9-7-22(8-10-24)27-11-12-28-22/h2-6,13-15H,7-12H2,1H3. The van der Waals surface area contributed by atoms with Gasteiger partial charge in [0.1, 0.15) is 11.4 Å². The van der Waals surface area contributed by atoms with Gasteiger partial charge in [0.05, 0.1) is 23.8 Å². The van der Waals surface area contributed by atoms with Crippen molar-refractivity contribution >= 4 is 17.2 Å². The molecular weight excluding hydrogens is 386 g/mol. The van der Waals surface area contributed by atoms with Crippen molar-refractivity contribution in [1.82, 2.24) is 14.7 Å². The number of amides is 1. The molecule has 2 aromatic heterocycles. The summed E-state index contributed by atoms with van der Waals surface area (Å²) in [6.07, 6.45) is 1.41. The fourth-order valence-corrected chi connectivity index (χ4v) is 4.71. The molecule has 1 spiro atoms.